The number of unbranched alkanes of at least 4 members (excludes halogenated alkanes) is 27. The number of carbonyl (C=O) groups is 3. The van der Waals surface area contributed by atoms with Gasteiger partial charge >= 0.3 is 17.9 Å². The molecule has 6 heteroatoms. The van der Waals surface area contributed by atoms with Gasteiger partial charge in [-0.25, -0.2) is 0 Å². The second-order valence-corrected chi connectivity index (χ2v) is 20.6. The summed E-state index contributed by atoms with van der Waals surface area (Å²) in [7, 11) is 0. The summed E-state index contributed by atoms with van der Waals surface area (Å²) in [5, 5.41) is 0. The molecule has 0 amide bonds. The summed E-state index contributed by atoms with van der Waals surface area (Å²) < 4.78 is 16.8. The summed E-state index contributed by atoms with van der Waals surface area (Å²) in [4.78, 5) is 38.3. The first-order chi connectivity index (χ1) is 37.0. The van der Waals surface area contributed by atoms with Crippen LogP contribution in [0.25, 0.3) is 0 Å². The summed E-state index contributed by atoms with van der Waals surface area (Å²) in [6.45, 7) is 6.47. The lowest BCUT2D eigenvalue weighted by Crippen LogP contribution is -2.30. The standard InChI is InChI=1S/C69H116O6/c1-4-7-10-13-16-19-22-25-28-30-32-33-34-35-37-38-41-44-47-50-53-56-59-62-68(71)74-65-66(64-73-67(70)61-58-55-52-49-46-43-40-27-24-21-18-15-12-9-6-3)75-69(72)63-60-57-54-51-48-45-42-39-36-31-29-26-23-20-17-14-11-8-5-2/h8,11,17,20,22,25-26,29-30,32,34-36,39,45,48,54,57,66H,4-7,9-10,12-16,18-19,21,23-24,27-28,31,33,37-38,40-44,46-47,49-53,55-56,58-65H2,1-3H3/b11-8-,20-17-,25-22-,29-26-,32-30-,35-34-,39-36-,48-45-,57-54-. The molecule has 0 N–H and O–H groups in total. The summed E-state index contributed by atoms with van der Waals surface area (Å²) in [5.74, 6) is -0.995. The molecule has 75 heavy (non-hydrogen) atoms. The quantitative estimate of drug-likeness (QED) is 0.0261. The Hall–Kier alpha value is -3.93. The first-order valence-corrected chi connectivity index (χ1v) is 31.4. The Morgan fingerprint density at radius 2 is 0.547 bits per heavy atom. The van der Waals surface area contributed by atoms with Crippen LogP contribution in [0, 0.1) is 0 Å². The molecular formula is C69H116O6. The van der Waals surface area contributed by atoms with Crippen LogP contribution < -0.4 is 0 Å². The van der Waals surface area contributed by atoms with E-state index in [0.29, 0.717) is 19.3 Å². The van der Waals surface area contributed by atoms with E-state index in [1.165, 1.54) is 148 Å². The predicted molar refractivity (Wildman–Crippen MR) is 325 cm³/mol. The molecule has 0 bridgehead atoms. The van der Waals surface area contributed by atoms with Gasteiger partial charge in [-0.3, -0.25) is 14.4 Å². The lowest BCUT2D eigenvalue weighted by Gasteiger charge is -2.18. The average molecular weight is 1040 g/mol. The van der Waals surface area contributed by atoms with Gasteiger partial charge in [0.25, 0.3) is 0 Å². The van der Waals surface area contributed by atoms with Crippen LogP contribution in [0.3, 0.4) is 0 Å². The van der Waals surface area contributed by atoms with Crippen molar-refractivity contribution in [1.82, 2.24) is 0 Å². The molecule has 0 spiro atoms. The largest absolute Gasteiger partial charge is 0.462 e. The molecule has 1 atom stereocenters. The molecule has 6 nitrogen and oxygen atoms in total. The van der Waals surface area contributed by atoms with E-state index in [1.54, 1.807) is 0 Å². The van der Waals surface area contributed by atoms with Crippen LogP contribution in [0.5, 0.6) is 0 Å². The van der Waals surface area contributed by atoms with E-state index >= 15 is 0 Å². The summed E-state index contributed by atoms with van der Waals surface area (Å²) in [6, 6.07) is 0. The molecule has 0 aliphatic carbocycles. The number of esters is 3. The molecule has 0 aliphatic rings. The maximum atomic E-state index is 12.9. The smallest absolute Gasteiger partial charge is 0.306 e. The van der Waals surface area contributed by atoms with Crippen LogP contribution >= 0.6 is 0 Å². The van der Waals surface area contributed by atoms with Gasteiger partial charge in [0.1, 0.15) is 13.2 Å². The highest BCUT2D eigenvalue weighted by molar-refractivity contribution is 5.71. The van der Waals surface area contributed by atoms with Crippen molar-refractivity contribution in [1.29, 1.82) is 0 Å². The minimum Gasteiger partial charge on any atom is -0.462 e. The van der Waals surface area contributed by atoms with E-state index in [2.05, 4.69) is 124 Å². The summed E-state index contributed by atoms with van der Waals surface area (Å²) >= 11 is 0. The van der Waals surface area contributed by atoms with Gasteiger partial charge in [0.15, 0.2) is 6.10 Å². The Labute approximate surface area is 463 Å². The Morgan fingerprint density at radius 3 is 0.867 bits per heavy atom. The van der Waals surface area contributed by atoms with Crippen molar-refractivity contribution in [3.63, 3.8) is 0 Å². The molecule has 0 aromatic heterocycles. The normalized spacial score (nSPS) is 12.8. The minimum atomic E-state index is -0.823. The maximum absolute atomic E-state index is 12.9. The molecule has 0 saturated heterocycles. The van der Waals surface area contributed by atoms with Gasteiger partial charge in [0.05, 0.1) is 0 Å². The zero-order valence-electron chi connectivity index (χ0n) is 49.0. The van der Waals surface area contributed by atoms with Crippen LogP contribution in [-0.2, 0) is 28.6 Å². The molecule has 0 radical (unpaired) electrons. The fraction of sp³-hybridized carbons (Fsp3) is 0.696. The van der Waals surface area contributed by atoms with Crippen molar-refractivity contribution < 1.29 is 28.6 Å². The van der Waals surface area contributed by atoms with Crippen molar-refractivity contribution in [3.05, 3.63) is 109 Å². The molecular weight excluding hydrogens is 925 g/mol. The highest BCUT2D eigenvalue weighted by atomic mass is 16.6. The highest BCUT2D eigenvalue weighted by Gasteiger charge is 2.19. The zero-order valence-corrected chi connectivity index (χ0v) is 49.0. The Morgan fingerprint density at radius 1 is 0.280 bits per heavy atom. The molecule has 0 heterocycles. The van der Waals surface area contributed by atoms with Gasteiger partial charge in [-0.1, -0.05) is 284 Å². The van der Waals surface area contributed by atoms with Crippen molar-refractivity contribution in [2.24, 2.45) is 0 Å². The lowest BCUT2D eigenvalue weighted by molar-refractivity contribution is -0.166. The van der Waals surface area contributed by atoms with Crippen molar-refractivity contribution in [3.8, 4) is 0 Å². The third-order valence-electron chi connectivity index (χ3n) is 13.3. The van der Waals surface area contributed by atoms with E-state index < -0.39 is 12.1 Å². The molecule has 0 aromatic rings. The van der Waals surface area contributed by atoms with Gasteiger partial charge in [0, 0.05) is 19.3 Å². The van der Waals surface area contributed by atoms with Gasteiger partial charge in [0.2, 0.25) is 0 Å². The first-order valence-electron chi connectivity index (χ1n) is 31.4. The monoisotopic (exact) mass is 1040 g/mol. The van der Waals surface area contributed by atoms with Crippen molar-refractivity contribution >= 4 is 17.9 Å². The van der Waals surface area contributed by atoms with Crippen LogP contribution in [0.2, 0.25) is 0 Å². The number of ether oxygens (including phenoxy) is 3. The molecule has 0 rings (SSSR count). The van der Waals surface area contributed by atoms with Crippen LogP contribution in [-0.4, -0.2) is 37.2 Å². The minimum absolute atomic E-state index is 0.110. The molecule has 0 aliphatic heterocycles. The van der Waals surface area contributed by atoms with Gasteiger partial charge in [-0.05, 0) is 96.3 Å². The molecule has 428 valence electrons. The summed E-state index contributed by atoms with van der Waals surface area (Å²) in [6.07, 6.45) is 85.3. The third kappa shape index (κ3) is 60.8. The lowest BCUT2D eigenvalue weighted by atomic mass is 10.0. The molecule has 0 fully saturated rings. The van der Waals surface area contributed by atoms with E-state index in [9.17, 15) is 14.4 Å². The van der Waals surface area contributed by atoms with Crippen LogP contribution in [0.4, 0.5) is 0 Å². The van der Waals surface area contributed by atoms with Crippen LogP contribution in [0.15, 0.2) is 109 Å². The average Bonchev–Trinajstić information content (AvgIpc) is 3.41. The summed E-state index contributed by atoms with van der Waals surface area (Å²) in [5.41, 5.74) is 0. The highest BCUT2D eigenvalue weighted by Crippen LogP contribution is 2.16. The molecule has 0 aromatic carbocycles. The third-order valence-corrected chi connectivity index (χ3v) is 13.3. The Balaban J connectivity index is 4.47. The maximum Gasteiger partial charge on any atom is 0.306 e. The Bertz CT molecular complexity index is 1520. The second kappa shape index (κ2) is 62.6. The Kier molecular flexibility index (Phi) is 59.3. The second-order valence-electron chi connectivity index (χ2n) is 20.6. The van der Waals surface area contributed by atoms with E-state index in [0.717, 1.165) is 96.3 Å². The number of allylic oxidation sites excluding steroid dienone is 18. The van der Waals surface area contributed by atoms with Gasteiger partial charge in [-0.15, -0.1) is 0 Å². The fourth-order valence-electron chi connectivity index (χ4n) is 8.59. The molecule has 0 saturated carbocycles. The SMILES string of the molecule is CC/C=C\C/C=C\C/C=C\C/C=C\C/C=C\C/C=C\CCC(=O)OC(COC(=O)CCCCCCCCCC/C=C\C/C=C\C/C=C\CCCCCCC)COC(=O)CCCCCCCCCCCCCCCCC. The first kappa shape index (κ1) is 71.1. The number of hydrogen-bond donors (Lipinski definition) is 0. The van der Waals surface area contributed by atoms with Crippen molar-refractivity contribution in [2.45, 2.75) is 297 Å². The zero-order chi connectivity index (χ0) is 54.3. The fourth-order valence-corrected chi connectivity index (χ4v) is 8.59. The number of hydrogen-bond acceptors (Lipinski definition) is 6. The predicted octanol–water partition coefficient (Wildman–Crippen LogP) is 21.4. The number of carbonyl (C=O) groups excluding carboxylic acids is 3. The van der Waals surface area contributed by atoms with Gasteiger partial charge in [-0.2, -0.15) is 0 Å². The topological polar surface area (TPSA) is 78.9 Å². The van der Waals surface area contributed by atoms with E-state index in [4.69, 9.17) is 14.2 Å². The van der Waals surface area contributed by atoms with E-state index in [1.807, 2.05) is 6.08 Å². The number of rotatable bonds is 56. The van der Waals surface area contributed by atoms with E-state index in [-0.39, 0.29) is 31.6 Å². The molecule has 1 unspecified atom stereocenters. The van der Waals surface area contributed by atoms with Gasteiger partial charge < -0.3 is 14.2 Å². The van der Waals surface area contributed by atoms with Crippen LogP contribution in [0.1, 0.15) is 290 Å². The van der Waals surface area contributed by atoms with Crippen molar-refractivity contribution in [2.75, 3.05) is 13.2 Å².